The largest absolute Gasteiger partial charge is 0.494 e. The Balaban J connectivity index is 1.95. The van der Waals surface area contributed by atoms with Gasteiger partial charge in [0.25, 0.3) is 0 Å². The van der Waals surface area contributed by atoms with E-state index in [-0.39, 0.29) is 0 Å². The average Bonchev–Trinajstić information content (AvgIpc) is 2.73. The van der Waals surface area contributed by atoms with E-state index in [2.05, 4.69) is 37.4 Å². The van der Waals surface area contributed by atoms with Crippen LogP contribution in [0.3, 0.4) is 0 Å². The minimum atomic E-state index is 0.636. The predicted octanol–water partition coefficient (Wildman–Crippen LogP) is 4.08. The van der Waals surface area contributed by atoms with Crippen LogP contribution in [-0.2, 0) is 0 Å². The quantitative estimate of drug-likeness (QED) is 0.827. The zero-order valence-corrected chi connectivity index (χ0v) is 10.9. The molecule has 1 N–H and O–H groups in total. The molecular weight excluding hydrogens is 210 g/mol. The van der Waals surface area contributed by atoms with Crippen LogP contribution in [0.2, 0.25) is 0 Å². The van der Waals surface area contributed by atoms with Crippen molar-refractivity contribution in [1.82, 2.24) is 0 Å². The summed E-state index contributed by atoms with van der Waals surface area (Å²) in [6.45, 7) is 5.26. The Morgan fingerprint density at radius 3 is 2.94 bits per heavy atom. The molecule has 1 fully saturated rings. The number of ether oxygens (including phenoxy) is 1. The van der Waals surface area contributed by atoms with Crippen LogP contribution in [0.15, 0.2) is 24.3 Å². The number of rotatable bonds is 5. The van der Waals surface area contributed by atoms with Gasteiger partial charge in [0.1, 0.15) is 5.75 Å². The Hall–Kier alpha value is -1.18. The highest BCUT2D eigenvalue weighted by Crippen LogP contribution is 2.28. The summed E-state index contributed by atoms with van der Waals surface area (Å²) in [7, 11) is 0. The van der Waals surface area contributed by atoms with E-state index in [1.807, 2.05) is 6.07 Å². The van der Waals surface area contributed by atoms with Gasteiger partial charge in [-0.05, 0) is 37.3 Å². The van der Waals surface area contributed by atoms with Crippen molar-refractivity contribution in [3.8, 4) is 5.75 Å². The highest BCUT2D eigenvalue weighted by molar-refractivity contribution is 5.49. The third kappa shape index (κ3) is 3.39. The second kappa shape index (κ2) is 5.95. The molecule has 2 heteroatoms. The molecule has 1 aliphatic rings. The second-order valence-electron chi connectivity index (χ2n) is 5.04. The van der Waals surface area contributed by atoms with Crippen LogP contribution >= 0.6 is 0 Å². The molecule has 2 nitrogen and oxygen atoms in total. The molecule has 0 amide bonds. The Morgan fingerprint density at radius 2 is 2.24 bits per heavy atom. The Morgan fingerprint density at radius 1 is 1.35 bits per heavy atom. The van der Waals surface area contributed by atoms with Crippen LogP contribution in [0.25, 0.3) is 0 Å². The van der Waals surface area contributed by atoms with Crippen LogP contribution in [0, 0.1) is 5.92 Å². The molecule has 2 rings (SSSR count). The summed E-state index contributed by atoms with van der Waals surface area (Å²) in [5, 5.41) is 3.63. The van der Waals surface area contributed by atoms with Crippen LogP contribution in [0.5, 0.6) is 5.75 Å². The van der Waals surface area contributed by atoms with Crippen LogP contribution in [0.1, 0.15) is 39.5 Å². The van der Waals surface area contributed by atoms with Crippen LogP contribution < -0.4 is 10.1 Å². The molecule has 17 heavy (non-hydrogen) atoms. The van der Waals surface area contributed by atoms with Crippen molar-refractivity contribution >= 4 is 5.69 Å². The van der Waals surface area contributed by atoms with Crippen molar-refractivity contribution in [3.63, 3.8) is 0 Å². The summed E-state index contributed by atoms with van der Waals surface area (Å²) in [6.07, 6.45) is 5.05. The standard InChI is InChI=1S/C15H23NO/c1-3-10-17-14-8-5-7-13(11-14)16-15-9-4-6-12(15)2/h5,7-8,11-12,15-16H,3-4,6,9-10H2,1-2H3. The number of hydrogen-bond donors (Lipinski definition) is 1. The molecule has 2 atom stereocenters. The monoisotopic (exact) mass is 233 g/mol. The van der Waals surface area contributed by atoms with Crippen molar-refractivity contribution in [2.45, 2.75) is 45.6 Å². The van der Waals surface area contributed by atoms with Gasteiger partial charge in [-0.25, -0.2) is 0 Å². The molecule has 1 aliphatic carbocycles. The number of anilines is 1. The molecule has 1 aromatic carbocycles. The lowest BCUT2D eigenvalue weighted by Crippen LogP contribution is -2.21. The van der Waals surface area contributed by atoms with E-state index in [0.717, 1.165) is 24.7 Å². The van der Waals surface area contributed by atoms with Crippen LogP contribution in [-0.4, -0.2) is 12.6 Å². The lowest BCUT2D eigenvalue weighted by atomic mass is 10.1. The molecule has 94 valence electrons. The van der Waals surface area contributed by atoms with Crippen molar-refractivity contribution in [2.75, 3.05) is 11.9 Å². The number of hydrogen-bond acceptors (Lipinski definition) is 2. The molecule has 1 saturated carbocycles. The lowest BCUT2D eigenvalue weighted by Gasteiger charge is -2.19. The highest BCUT2D eigenvalue weighted by Gasteiger charge is 2.22. The molecule has 0 radical (unpaired) electrons. The van der Waals surface area contributed by atoms with Gasteiger partial charge in [0.05, 0.1) is 6.61 Å². The SMILES string of the molecule is CCCOc1cccc(NC2CCCC2C)c1. The minimum absolute atomic E-state index is 0.636. The van der Waals surface area contributed by atoms with E-state index >= 15 is 0 Å². The number of nitrogens with one attached hydrogen (secondary N) is 1. The molecule has 0 aromatic heterocycles. The lowest BCUT2D eigenvalue weighted by molar-refractivity contribution is 0.317. The van der Waals surface area contributed by atoms with Gasteiger partial charge in [-0.3, -0.25) is 0 Å². The summed E-state index contributed by atoms with van der Waals surface area (Å²) in [5.41, 5.74) is 1.19. The first kappa shape index (κ1) is 12.3. The van der Waals surface area contributed by atoms with Gasteiger partial charge in [0, 0.05) is 17.8 Å². The molecular formula is C15H23NO. The fourth-order valence-electron chi connectivity index (χ4n) is 2.47. The van der Waals surface area contributed by atoms with Gasteiger partial charge in [-0.2, -0.15) is 0 Å². The molecule has 2 unspecified atom stereocenters. The van der Waals surface area contributed by atoms with E-state index in [4.69, 9.17) is 4.74 Å². The normalized spacial score (nSPS) is 23.6. The molecule has 1 aromatic rings. The van der Waals surface area contributed by atoms with Gasteiger partial charge in [0.2, 0.25) is 0 Å². The summed E-state index contributed by atoms with van der Waals surface area (Å²) in [4.78, 5) is 0. The molecule has 0 spiro atoms. The summed E-state index contributed by atoms with van der Waals surface area (Å²) in [5.74, 6) is 1.76. The first-order valence-corrected chi connectivity index (χ1v) is 6.79. The Bertz CT molecular complexity index is 351. The maximum atomic E-state index is 5.65. The van der Waals surface area contributed by atoms with Gasteiger partial charge in [-0.15, -0.1) is 0 Å². The summed E-state index contributed by atoms with van der Waals surface area (Å²) >= 11 is 0. The zero-order valence-electron chi connectivity index (χ0n) is 10.9. The summed E-state index contributed by atoms with van der Waals surface area (Å²) in [6, 6.07) is 8.97. The van der Waals surface area contributed by atoms with E-state index in [1.165, 1.54) is 24.9 Å². The minimum Gasteiger partial charge on any atom is -0.494 e. The van der Waals surface area contributed by atoms with Gasteiger partial charge >= 0.3 is 0 Å². The van der Waals surface area contributed by atoms with E-state index in [1.54, 1.807) is 0 Å². The Kier molecular flexibility index (Phi) is 4.29. The topological polar surface area (TPSA) is 21.3 Å². The first-order valence-electron chi connectivity index (χ1n) is 6.79. The highest BCUT2D eigenvalue weighted by atomic mass is 16.5. The van der Waals surface area contributed by atoms with E-state index in [0.29, 0.717) is 6.04 Å². The molecule has 0 heterocycles. The molecule has 0 bridgehead atoms. The number of benzene rings is 1. The molecule has 0 saturated heterocycles. The van der Waals surface area contributed by atoms with Crippen molar-refractivity contribution in [2.24, 2.45) is 5.92 Å². The zero-order chi connectivity index (χ0) is 12.1. The second-order valence-corrected chi connectivity index (χ2v) is 5.04. The molecule has 0 aliphatic heterocycles. The predicted molar refractivity (Wildman–Crippen MR) is 72.7 cm³/mol. The van der Waals surface area contributed by atoms with Gasteiger partial charge < -0.3 is 10.1 Å². The third-order valence-electron chi connectivity index (χ3n) is 3.52. The smallest absolute Gasteiger partial charge is 0.121 e. The maximum Gasteiger partial charge on any atom is 0.121 e. The summed E-state index contributed by atoms with van der Waals surface area (Å²) < 4.78 is 5.65. The van der Waals surface area contributed by atoms with E-state index < -0.39 is 0 Å². The van der Waals surface area contributed by atoms with Crippen LogP contribution in [0.4, 0.5) is 5.69 Å². The maximum absolute atomic E-state index is 5.65. The Labute approximate surface area is 104 Å². The van der Waals surface area contributed by atoms with Gasteiger partial charge in [0.15, 0.2) is 0 Å². The third-order valence-corrected chi connectivity index (χ3v) is 3.52. The van der Waals surface area contributed by atoms with Gasteiger partial charge in [-0.1, -0.05) is 26.3 Å². The fraction of sp³-hybridized carbons (Fsp3) is 0.600. The first-order chi connectivity index (χ1) is 8.29. The fourth-order valence-corrected chi connectivity index (χ4v) is 2.47. The van der Waals surface area contributed by atoms with Crippen molar-refractivity contribution < 1.29 is 4.74 Å². The van der Waals surface area contributed by atoms with E-state index in [9.17, 15) is 0 Å². The van der Waals surface area contributed by atoms with Crippen molar-refractivity contribution in [1.29, 1.82) is 0 Å². The van der Waals surface area contributed by atoms with Crippen molar-refractivity contribution in [3.05, 3.63) is 24.3 Å². The average molecular weight is 233 g/mol.